The smallest absolute Gasteiger partial charge is 0.320 e. The van der Waals surface area contributed by atoms with Crippen LogP contribution in [0.15, 0.2) is 52.6 Å². The molecule has 0 aliphatic carbocycles. The molecule has 0 saturated heterocycles. The third kappa shape index (κ3) is 4.04. The Kier molecular flexibility index (Phi) is 5.39. The van der Waals surface area contributed by atoms with Crippen LogP contribution in [0.25, 0.3) is 22.7 Å². The zero-order valence-electron chi connectivity index (χ0n) is 16.1. The van der Waals surface area contributed by atoms with Gasteiger partial charge in [-0.1, -0.05) is 6.07 Å². The van der Waals surface area contributed by atoms with E-state index in [1.54, 1.807) is 29.9 Å². The van der Waals surface area contributed by atoms with Crippen LogP contribution in [-0.4, -0.2) is 34.2 Å². The van der Waals surface area contributed by atoms with Crippen molar-refractivity contribution in [1.29, 1.82) is 0 Å². The highest BCUT2D eigenvalue weighted by atomic mass is 32.1. The molecule has 4 rings (SSSR count). The fraction of sp³-hybridized carbons (Fsp3) is 0.200. The zero-order valence-corrected chi connectivity index (χ0v) is 16.9. The van der Waals surface area contributed by atoms with Crippen LogP contribution in [0.3, 0.4) is 0 Å². The predicted molar refractivity (Wildman–Crippen MR) is 110 cm³/mol. The van der Waals surface area contributed by atoms with Crippen molar-refractivity contribution in [1.82, 2.24) is 19.9 Å². The molecular weight excluding hydrogens is 390 g/mol. The summed E-state index contributed by atoms with van der Waals surface area (Å²) in [5.74, 6) is 1.48. The lowest BCUT2D eigenvalue weighted by Gasteiger charge is -2.14. The van der Waals surface area contributed by atoms with Gasteiger partial charge in [0.15, 0.2) is 5.76 Å². The molecule has 1 atom stereocenters. The zero-order chi connectivity index (χ0) is 20.2. The molecule has 4 aromatic heterocycles. The van der Waals surface area contributed by atoms with E-state index < -0.39 is 0 Å². The summed E-state index contributed by atoms with van der Waals surface area (Å²) in [6, 6.07) is 9.71. The number of methoxy groups -OCH3 is 2. The van der Waals surface area contributed by atoms with Gasteiger partial charge in [0.05, 0.1) is 32.2 Å². The Morgan fingerprint density at radius 2 is 2.00 bits per heavy atom. The topological polar surface area (TPSA) is 95.2 Å². The molecule has 1 N–H and O–H groups in total. The minimum Gasteiger partial charge on any atom is -0.481 e. The van der Waals surface area contributed by atoms with Gasteiger partial charge in [0, 0.05) is 22.7 Å². The number of hydrogen-bond donors (Lipinski definition) is 1. The normalized spacial score (nSPS) is 11.8. The molecular formula is C20H19N5O3S. The van der Waals surface area contributed by atoms with Crippen molar-refractivity contribution in [2.75, 3.05) is 19.5 Å². The van der Waals surface area contributed by atoms with Gasteiger partial charge in [-0.25, -0.2) is 9.97 Å². The minimum absolute atomic E-state index is 0.0736. The Hall–Kier alpha value is -3.46. The molecule has 0 spiro atoms. The summed E-state index contributed by atoms with van der Waals surface area (Å²) in [5, 5.41) is 5.38. The Bertz CT molecular complexity index is 1060. The quantitative estimate of drug-likeness (QED) is 0.478. The van der Waals surface area contributed by atoms with E-state index in [-0.39, 0.29) is 12.1 Å². The average molecular weight is 409 g/mol. The molecule has 0 aliphatic heterocycles. The molecule has 9 heteroatoms. The molecule has 4 aromatic rings. The van der Waals surface area contributed by atoms with Gasteiger partial charge in [0.1, 0.15) is 5.69 Å². The van der Waals surface area contributed by atoms with Crippen LogP contribution < -0.4 is 14.8 Å². The fourth-order valence-corrected chi connectivity index (χ4v) is 3.51. The molecule has 0 saturated carbocycles. The number of ether oxygens (including phenoxy) is 2. The number of nitrogens with one attached hydrogen (secondary N) is 1. The molecule has 8 nitrogen and oxygen atoms in total. The Morgan fingerprint density at radius 1 is 1.10 bits per heavy atom. The molecule has 0 aliphatic rings. The molecule has 148 valence electrons. The molecule has 0 amide bonds. The second kappa shape index (κ2) is 8.27. The van der Waals surface area contributed by atoms with Gasteiger partial charge < -0.3 is 19.2 Å². The first kappa shape index (κ1) is 18.9. The first-order chi connectivity index (χ1) is 14.2. The van der Waals surface area contributed by atoms with Crippen LogP contribution >= 0.6 is 11.3 Å². The third-order valence-corrected chi connectivity index (χ3v) is 5.26. The number of rotatable bonds is 7. The van der Waals surface area contributed by atoms with E-state index >= 15 is 0 Å². The lowest BCUT2D eigenvalue weighted by atomic mass is 10.1. The van der Waals surface area contributed by atoms with Crippen LogP contribution in [0.5, 0.6) is 11.9 Å². The summed E-state index contributed by atoms with van der Waals surface area (Å²) in [5.41, 5.74) is 1.85. The number of nitrogens with zero attached hydrogens (tertiary/aromatic N) is 4. The standard InChI is InChI=1S/C20H19N5O3S/c1-12(16-7-5-9-29-16)22-19-21-11-13(18(25-19)15-6-4-8-28-15)14-10-17(26-2)24-20(23-14)27-3/h4-12H,1-3H3,(H,21,22,25)/t12-/m1/s1. The third-order valence-electron chi connectivity index (χ3n) is 4.21. The largest absolute Gasteiger partial charge is 0.481 e. The number of furan rings is 1. The predicted octanol–water partition coefficient (Wildman–Crippen LogP) is 4.45. The second-order valence-corrected chi connectivity index (χ2v) is 7.08. The number of thiophene rings is 1. The highest BCUT2D eigenvalue weighted by Gasteiger charge is 2.18. The number of aromatic nitrogens is 4. The van der Waals surface area contributed by atoms with Crippen molar-refractivity contribution in [3.05, 3.63) is 53.0 Å². The summed E-state index contributed by atoms with van der Waals surface area (Å²) in [6.45, 7) is 2.07. The van der Waals surface area contributed by atoms with Crippen LogP contribution in [-0.2, 0) is 0 Å². The Morgan fingerprint density at radius 3 is 2.69 bits per heavy atom. The van der Waals surface area contributed by atoms with Gasteiger partial charge in [0.25, 0.3) is 0 Å². The van der Waals surface area contributed by atoms with Gasteiger partial charge in [-0.15, -0.1) is 11.3 Å². The second-order valence-electron chi connectivity index (χ2n) is 6.10. The monoisotopic (exact) mass is 409 g/mol. The van der Waals surface area contributed by atoms with Gasteiger partial charge in [-0.3, -0.25) is 0 Å². The van der Waals surface area contributed by atoms with E-state index in [1.807, 2.05) is 23.6 Å². The Balaban J connectivity index is 1.77. The summed E-state index contributed by atoms with van der Waals surface area (Å²) in [7, 11) is 3.04. The molecule has 0 bridgehead atoms. The molecule has 4 heterocycles. The highest BCUT2D eigenvalue weighted by Crippen LogP contribution is 2.33. The summed E-state index contributed by atoms with van der Waals surface area (Å²) >= 11 is 1.68. The summed E-state index contributed by atoms with van der Waals surface area (Å²) in [6.07, 6.45) is 3.30. The highest BCUT2D eigenvalue weighted by molar-refractivity contribution is 7.10. The molecule has 0 fully saturated rings. The maximum absolute atomic E-state index is 5.61. The molecule has 0 radical (unpaired) electrons. The van der Waals surface area contributed by atoms with Crippen molar-refractivity contribution >= 4 is 17.3 Å². The van der Waals surface area contributed by atoms with E-state index in [0.29, 0.717) is 34.5 Å². The van der Waals surface area contributed by atoms with E-state index in [4.69, 9.17) is 18.9 Å². The molecule has 0 aromatic carbocycles. The molecule has 0 unspecified atom stereocenters. The van der Waals surface area contributed by atoms with Crippen LogP contribution in [0.1, 0.15) is 17.8 Å². The first-order valence-electron chi connectivity index (χ1n) is 8.86. The van der Waals surface area contributed by atoms with Gasteiger partial charge in [-0.05, 0) is 30.5 Å². The maximum Gasteiger partial charge on any atom is 0.320 e. The Labute approximate surface area is 171 Å². The van der Waals surface area contributed by atoms with E-state index in [0.717, 1.165) is 0 Å². The first-order valence-corrected chi connectivity index (χ1v) is 9.74. The van der Waals surface area contributed by atoms with Crippen LogP contribution in [0.4, 0.5) is 5.95 Å². The van der Waals surface area contributed by atoms with Crippen molar-refractivity contribution in [3.8, 4) is 34.6 Å². The fourth-order valence-electron chi connectivity index (χ4n) is 2.78. The van der Waals surface area contributed by atoms with E-state index in [1.165, 1.54) is 19.1 Å². The lowest BCUT2D eigenvalue weighted by molar-refractivity contribution is 0.352. The van der Waals surface area contributed by atoms with E-state index in [9.17, 15) is 0 Å². The van der Waals surface area contributed by atoms with Gasteiger partial charge in [0.2, 0.25) is 11.8 Å². The van der Waals surface area contributed by atoms with Gasteiger partial charge in [-0.2, -0.15) is 9.97 Å². The number of hydrogen-bond acceptors (Lipinski definition) is 9. The van der Waals surface area contributed by atoms with Crippen molar-refractivity contribution < 1.29 is 13.9 Å². The minimum atomic E-state index is 0.0736. The van der Waals surface area contributed by atoms with Crippen molar-refractivity contribution in [2.24, 2.45) is 0 Å². The average Bonchev–Trinajstić information content (AvgIpc) is 3.47. The van der Waals surface area contributed by atoms with Crippen LogP contribution in [0, 0.1) is 0 Å². The van der Waals surface area contributed by atoms with Crippen LogP contribution in [0.2, 0.25) is 0 Å². The van der Waals surface area contributed by atoms with E-state index in [2.05, 4.69) is 33.3 Å². The maximum atomic E-state index is 5.61. The van der Waals surface area contributed by atoms with Gasteiger partial charge >= 0.3 is 6.01 Å². The SMILES string of the molecule is COc1cc(-c2cnc(N[C@H](C)c3cccs3)nc2-c2ccco2)nc(OC)n1. The lowest BCUT2D eigenvalue weighted by Crippen LogP contribution is -2.09. The summed E-state index contributed by atoms with van der Waals surface area (Å²) < 4.78 is 16.1. The summed E-state index contributed by atoms with van der Waals surface area (Å²) in [4.78, 5) is 18.9. The number of anilines is 1. The molecule has 29 heavy (non-hydrogen) atoms. The van der Waals surface area contributed by atoms with Crippen molar-refractivity contribution in [2.45, 2.75) is 13.0 Å². The van der Waals surface area contributed by atoms with Crippen molar-refractivity contribution in [3.63, 3.8) is 0 Å².